The van der Waals surface area contributed by atoms with Crippen molar-refractivity contribution in [3.63, 3.8) is 0 Å². The number of rotatable bonds is 3. The molecule has 4 rings (SSSR count). The summed E-state index contributed by atoms with van der Waals surface area (Å²) < 4.78 is 94.1. The minimum Gasteiger partial charge on any atom is -0.370 e. The average Bonchev–Trinajstić information content (AvgIpc) is 3.22. The number of ether oxygens (including phenoxy) is 1. The van der Waals surface area contributed by atoms with E-state index in [4.69, 9.17) is 10.5 Å². The van der Waals surface area contributed by atoms with Crippen LogP contribution in [0.1, 0.15) is 29.3 Å². The first-order chi connectivity index (χ1) is 14.0. The number of benzene rings is 1. The lowest BCUT2D eigenvalue weighted by molar-refractivity contribution is -0.0533. The Morgan fingerprint density at radius 2 is 1.93 bits per heavy atom. The molecule has 2 aliphatic rings. The molecule has 0 aliphatic carbocycles. The summed E-state index contributed by atoms with van der Waals surface area (Å²) in [6.45, 7) is 0.428. The fourth-order valence-electron chi connectivity index (χ4n) is 3.79. The topological polar surface area (TPSA) is 90.5 Å². The van der Waals surface area contributed by atoms with Crippen LogP contribution in [0.5, 0.6) is 0 Å². The van der Waals surface area contributed by atoms with Gasteiger partial charge in [-0.15, -0.1) is 0 Å². The van der Waals surface area contributed by atoms with Gasteiger partial charge in [0.1, 0.15) is 17.7 Å². The van der Waals surface area contributed by atoms with E-state index in [2.05, 4.69) is 5.10 Å². The van der Waals surface area contributed by atoms with Crippen LogP contribution < -0.4 is 5.73 Å². The van der Waals surface area contributed by atoms with Crippen molar-refractivity contribution in [1.29, 1.82) is 0 Å². The van der Waals surface area contributed by atoms with Crippen molar-refractivity contribution in [2.75, 3.05) is 6.61 Å². The third-order valence-corrected chi connectivity index (χ3v) is 6.57. The highest BCUT2D eigenvalue weighted by Gasteiger charge is 2.49. The van der Waals surface area contributed by atoms with Crippen molar-refractivity contribution >= 4 is 10.0 Å². The van der Waals surface area contributed by atoms with Gasteiger partial charge >= 0.3 is 15.5 Å². The van der Waals surface area contributed by atoms with E-state index in [1.54, 1.807) is 0 Å². The zero-order chi connectivity index (χ0) is 21.8. The summed E-state index contributed by atoms with van der Waals surface area (Å²) in [5.41, 5.74) is 1.29. The Bertz CT molecular complexity index is 1050. The Labute approximate surface area is 168 Å². The Kier molecular flexibility index (Phi) is 5.11. The van der Waals surface area contributed by atoms with Crippen molar-refractivity contribution in [2.45, 2.75) is 43.2 Å². The van der Waals surface area contributed by atoms with Crippen LogP contribution in [0.2, 0.25) is 0 Å². The number of hydrogen-bond donors (Lipinski definition) is 1. The molecule has 2 aromatic rings. The van der Waals surface area contributed by atoms with Gasteiger partial charge in [0, 0.05) is 42.5 Å². The molecule has 0 unspecified atom stereocenters. The van der Waals surface area contributed by atoms with E-state index in [0.717, 1.165) is 24.4 Å². The molecule has 13 heteroatoms. The molecular formula is C17H17F5N4O3S. The van der Waals surface area contributed by atoms with Gasteiger partial charge in [0.05, 0.1) is 12.3 Å². The highest BCUT2D eigenvalue weighted by molar-refractivity contribution is 7.90. The van der Waals surface area contributed by atoms with Gasteiger partial charge in [0.15, 0.2) is 0 Å². The predicted octanol–water partition coefficient (Wildman–Crippen LogP) is 2.03. The second-order valence-electron chi connectivity index (χ2n) is 7.30. The van der Waals surface area contributed by atoms with Crippen LogP contribution >= 0.6 is 0 Å². The molecule has 1 saturated heterocycles. The minimum absolute atomic E-state index is 0.0272. The van der Waals surface area contributed by atoms with Crippen LogP contribution in [0, 0.1) is 11.6 Å². The lowest BCUT2D eigenvalue weighted by Gasteiger charge is -2.38. The first kappa shape index (κ1) is 21.2. The molecule has 7 nitrogen and oxygen atoms in total. The normalized spacial score (nSPS) is 25.5. The van der Waals surface area contributed by atoms with E-state index in [-0.39, 0.29) is 41.1 Å². The first-order valence-electron chi connectivity index (χ1n) is 8.93. The molecule has 3 atom stereocenters. The average molecular weight is 452 g/mol. The standard InChI is InChI=1S/C17H17F5N4O3S/c18-10-1-2-13(19)12(3-10)16-14(23)4-11(8-29-16)25-5-9-6-26(24-15(9)7-25)30(27,28)17(20,21)22/h1-3,6,11,14,16H,4-5,7-8,23H2/t11-,14+,16-/m1/s1. The van der Waals surface area contributed by atoms with Gasteiger partial charge in [-0.25, -0.2) is 8.78 Å². The van der Waals surface area contributed by atoms with Gasteiger partial charge in [0.2, 0.25) is 0 Å². The summed E-state index contributed by atoms with van der Waals surface area (Å²) in [5, 5.41) is 3.58. The highest BCUT2D eigenvalue weighted by atomic mass is 32.2. The maximum atomic E-state index is 14.0. The Hall–Kier alpha value is -2.09. The number of hydrogen-bond acceptors (Lipinski definition) is 6. The number of fused-ring (bicyclic) bond motifs is 1. The number of halogens is 5. The maximum absolute atomic E-state index is 14.0. The fraction of sp³-hybridized carbons (Fsp3) is 0.471. The highest BCUT2D eigenvalue weighted by Crippen LogP contribution is 2.34. The molecule has 0 bridgehead atoms. The van der Waals surface area contributed by atoms with Crippen molar-refractivity contribution in [3.8, 4) is 0 Å². The zero-order valence-electron chi connectivity index (χ0n) is 15.3. The van der Waals surface area contributed by atoms with E-state index in [1.165, 1.54) is 0 Å². The Morgan fingerprint density at radius 3 is 2.57 bits per heavy atom. The SMILES string of the molecule is N[C@H]1C[C@@H](N2Cc3cn(S(=O)(=O)C(F)(F)F)nc3C2)CO[C@@H]1c1cc(F)ccc1F. The van der Waals surface area contributed by atoms with Crippen LogP contribution in [-0.2, 0) is 27.8 Å². The third-order valence-electron chi connectivity index (χ3n) is 5.30. The summed E-state index contributed by atoms with van der Waals surface area (Å²) in [4.78, 5) is 1.85. The van der Waals surface area contributed by atoms with E-state index >= 15 is 0 Å². The van der Waals surface area contributed by atoms with Crippen LogP contribution in [0.15, 0.2) is 24.4 Å². The first-order valence-corrected chi connectivity index (χ1v) is 10.4. The lowest BCUT2D eigenvalue weighted by Crippen LogP contribution is -2.47. The van der Waals surface area contributed by atoms with Crippen molar-refractivity contribution < 1.29 is 35.1 Å². The van der Waals surface area contributed by atoms with E-state index < -0.39 is 39.3 Å². The molecule has 0 amide bonds. The molecule has 0 radical (unpaired) electrons. The Morgan fingerprint density at radius 1 is 1.20 bits per heavy atom. The summed E-state index contributed by atoms with van der Waals surface area (Å²) in [6.07, 6.45) is 0.390. The van der Waals surface area contributed by atoms with Crippen LogP contribution in [0.3, 0.4) is 0 Å². The second kappa shape index (κ2) is 7.25. The molecule has 3 heterocycles. The molecule has 2 aliphatic heterocycles. The molecule has 164 valence electrons. The summed E-state index contributed by atoms with van der Waals surface area (Å²) in [7, 11) is -5.57. The summed E-state index contributed by atoms with van der Waals surface area (Å²) in [6, 6.07) is 2.15. The molecule has 2 N–H and O–H groups in total. The summed E-state index contributed by atoms with van der Waals surface area (Å²) in [5.74, 6) is -1.24. The molecule has 1 fully saturated rings. The Balaban J connectivity index is 1.44. The minimum atomic E-state index is -5.57. The summed E-state index contributed by atoms with van der Waals surface area (Å²) >= 11 is 0. The number of nitrogens with two attached hydrogens (primary N) is 1. The van der Waals surface area contributed by atoms with E-state index in [9.17, 15) is 30.4 Å². The number of aromatic nitrogens is 2. The third kappa shape index (κ3) is 3.59. The van der Waals surface area contributed by atoms with Gasteiger partial charge in [0.25, 0.3) is 0 Å². The molecule has 0 spiro atoms. The van der Waals surface area contributed by atoms with Gasteiger partial charge in [-0.3, -0.25) is 4.90 Å². The van der Waals surface area contributed by atoms with Crippen molar-refractivity contribution in [1.82, 2.24) is 14.1 Å². The van der Waals surface area contributed by atoms with Gasteiger partial charge in [-0.2, -0.15) is 30.8 Å². The van der Waals surface area contributed by atoms with Crippen molar-refractivity contribution in [2.24, 2.45) is 5.73 Å². The van der Waals surface area contributed by atoms with Crippen molar-refractivity contribution in [3.05, 3.63) is 52.9 Å². The smallest absolute Gasteiger partial charge is 0.370 e. The van der Waals surface area contributed by atoms with E-state index in [0.29, 0.717) is 12.0 Å². The number of nitrogens with zero attached hydrogens (tertiary/aromatic N) is 3. The van der Waals surface area contributed by atoms with Gasteiger partial charge in [-0.05, 0) is 24.6 Å². The van der Waals surface area contributed by atoms with E-state index in [1.807, 2.05) is 4.90 Å². The van der Waals surface area contributed by atoms with Crippen LogP contribution in [0.25, 0.3) is 0 Å². The van der Waals surface area contributed by atoms with Gasteiger partial charge in [-0.1, -0.05) is 0 Å². The van der Waals surface area contributed by atoms with Crippen LogP contribution in [-0.4, -0.2) is 46.7 Å². The van der Waals surface area contributed by atoms with Gasteiger partial charge < -0.3 is 10.5 Å². The monoisotopic (exact) mass is 452 g/mol. The molecule has 1 aromatic heterocycles. The molecular weight excluding hydrogens is 435 g/mol. The molecule has 30 heavy (non-hydrogen) atoms. The largest absolute Gasteiger partial charge is 0.518 e. The molecule has 0 saturated carbocycles. The lowest BCUT2D eigenvalue weighted by atomic mass is 9.93. The fourth-order valence-corrected chi connectivity index (χ4v) is 4.48. The second-order valence-corrected chi connectivity index (χ2v) is 9.09. The number of alkyl halides is 3. The quantitative estimate of drug-likeness (QED) is 0.717. The maximum Gasteiger partial charge on any atom is 0.518 e. The molecule has 1 aromatic carbocycles. The zero-order valence-corrected chi connectivity index (χ0v) is 16.1. The van der Waals surface area contributed by atoms with Crippen LogP contribution in [0.4, 0.5) is 22.0 Å². The predicted molar refractivity (Wildman–Crippen MR) is 93.3 cm³/mol.